The standard InChI is InChI=1S/C7H17N.C2H4O.C2H6/c1-5-8(4)6-7(2)3;1-2-3;1-2/h7H,5-6H2,1-4H3;2H,1H3;1-2H3. The average Bonchev–Trinajstić information content (AvgIpc) is 2.08. The lowest BCUT2D eigenvalue weighted by atomic mass is 10.2. The zero-order valence-corrected chi connectivity index (χ0v) is 10.4. The Morgan fingerprint density at radius 1 is 1.31 bits per heavy atom. The van der Waals surface area contributed by atoms with E-state index in [0.717, 1.165) is 18.7 Å². The van der Waals surface area contributed by atoms with Crippen LogP contribution in [0.1, 0.15) is 41.5 Å². The number of carbonyl (C=O) groups is 1. The van der Waals surface area contributed by atoms with Crippen molar-refractivity contribution >= 4 is 6.29 Å². The number of nitrogens with zero attached hydrogens (tertiary/aromatic N) is 1. The van der Waals surface area contributed by atoms with E-state index in [4.69, 9.17) is 4.79 Å². The molecule has 0 aromatic rings. The van der Waals surface area contributed by atoms with Crippen LogP contribution < -0.4 is 0 Å². The molecule has 0 saturated heterocycles. The van der Waals surface area contributed by atoms with Gasteiger partial charge in [0.2, 0.25) is 0 Å². The van der Waals surface area contributed by atoms with Gasteiger partial charge in [-0.15, -0.1) is 0 Å². The Kier molecular flexibility index (Phi) is 25.0. The average molecular weight is 189 g/mol. The predicted octanol–water partition coefficient (Wildman–Crippen LogP) is 2.83. The largest absolute Gasteiger partial charge is 0.306 e. The summed E-state index contributed by atoms with van der Waals surface area (Å²) in [6.07, 6.45) is 0.750. The van der Waals surface area contributed by atoms with Crippen molar-refractivity contribution < 1.29 is 4.79 Å². The zero-order chi connectivity index (χ0) is 11.3. The zero-order valence-electron chi connectivity index (χ0n) is 10.4. The molecule has 0 bridgehead atoms. The Morgan fingerprint density at radius 3 is 1.69 bits per heavy atom. The number of carbonyl (C=O) groups excluding carboxylic acids is 1. The van der Waals surface area contributed by atoms with E-state index >= 15 is 0 Å². The van der Waals surface area contributed by atoms with Crippen molar-refractivity contribution in [1.29, 1.82) is 0 Å². The maximum atomic E-state index is 8.81. The van der Waals surface area contributed by atoms with Gasteiger partial charge in [0.05, 0.1) is 0 Å². The van der Waals surface area contributed by atoms with Crippen LogP contribution in [0.15, 0.2) is 0 Å². The molecule has 82 valence electrons. The second kappa shape index (κ2) is 17.6. The van der Waals surface area contributed by atoms with Crippen molar-refractivity contribution in [3.8, 4) is 0 Å². The van der Waals surface area contributed by atoms with Gasteiger partial charge in [-0.1, -0.05) is 34.6 Å². The molecule has 0 fully saturated rings. The lowest BCUT2D eigenvalue weighted by Gasteiger charge is -2.15. The van der Waals surface area contributed by atoms with Gasteiger partial charge in [-0.3, -0.25) is 0 Å². The number of hydrogen-bond donors (Lipinski definition) is 0. The molecule has 0 atom stereocenters. The van der Waals surface area contributed by atoms with Crippen LogP contribution in [0.25, 0.3) is 0 Å². The second-order valence-electron chi connectivity index (χ2n) is 2.98. The molecule has 0 spiro atoms. The third kappa shape index (κ3) is 34.0. The molecular formula is C11H27NO. The summed E-state index contributed by atoms with van der Waals surface area (Å²) >= 11 is 0. The quantitative estimate of drug-likeness (QED) is 0.636. The van der Waals surface area contributed by atoms with Gasteiger partial charge < -0.3 is 9.69 Å². The summed E-state index contributed by atoms with van der Waals surface area (Å²) in [7, 11) is 2.15. The van der Waals surface area contributed by atoms with Crippen LogP contribution in [0.4, 0.5) is 0 Å². The maximum Gasteiger partial charge on any atom is 0.116 e. The topological polar surface area (TPSA) is 20.3 Å². The molecule has 0 unspecified atom stereocenters. The molecule has 0 rings (SSSR count). The van der Waals surface area contributed by atoms with Gasteiger partial charge in [0.15, 0.2) is 0 Å². The highest BCUT2D eigenvalue weighted by Crippen LogP contribution is 1.93. The summed E-state index contributed by atoms with van der Waals surface area (Å²) in [5.74, 6) is 0.806. The molecule has 0 amide bonds. The molecule has 13 heavy (non-hydrogen) atoms. The third-order valence-corrected chi connectivity index (χ3v) is 1.22. The van der Waals surface area contributed by atoms with E-state index in [-0.39, 0.29) is 0 Å². The fourth-order valence-electron chi connectivity index (χ4n) is 0.752. The minimum atomic E-state index is 0.750. The summed E-state index contributed by atoms with van der Waals surface area (Å²) in [5, 5.41) is 0. The van der Waals surface area contributed by atoms with E-state index in [1.165, 1.54) is 13.5 Å². The first-order valence-corrected chi connectivity index (χ1v) is 5.16. The fourth-order valence-corrected chi connectivity index (χ4v) is 0.752. The van der Waals surface area contributed by atoms with Crippen molar-refractivity contribution in [2.45, 2.75) is 41.5 Å². The predicted molar refractivity (Wildman–Crippen MR) is 61.1 cm³/mol. The molecule has 0 saturated carbocycles. The van der Waals surface area contributed by atoms with E-state index in [2.05, 4.69) is 32.7 Å². The van der Waals surface area contributed by atoms with E-state index in [0.29, 0.717) is 0 Å². The van der Waals surface area contributed by atoms with Crippen LogP contribution in [-0.2, 0) is 4.79 Å². The summed E-state index contributed by atoms with van der Waals surface area (Å²) in [6, 6.07) is 0. The molecule has 0 aliphatic heterocycles. The van der Waals surface area contributed by atoms with Crippen molar-refractivity contribution in [2.75, 3.05) is 20.1 Å². The van der Waals surface area contributed by atoms with Gasteiger partial charge in [0.1, 0.15) is 6.29 Å². The van der Waals surface area contributed by atoms with Crippen LogP contribution in [0.2, 0.25) is 0 Å². The minimum absolute atomic E-state index is 0.750. The highest BCUT2D eigenvalue weighted by atomic mass is 16.1. The summed E-state index contributed by atoms with van der Waals surface area (Å²) < 4.78 is 0. The molecule has 0 aliphatic carbocycles. The molecule has 0 N–H and O–H groups in total. The Morgan fingerprint density at radius 2 is 1.62 bits per heavy atom. The van der Waals surface area contributed by atoms with Crippen molar-refractivity contribution in [1.82, 2.24) is 4.90 Å². The molecule has 0 heterocycles. The van der Waals surface area contributed by atoms with Crippen LogP contribution >= 0.6 is 0 Å². The van der Waals surface area contributed by atoms with Crippen molar-refractivity contribution in [3.05, 3.63) is 0 Å². The minimum Gasteiger partial charge on any atom is -0.306 e. The van der Waals surface area contributed by atoms with Crippen LogP contribution in [0, 0.1) is 5.92 Å². The molecular weight excluding hydrogens is 162 g/mol. The monoisotopic (exact) mass is 189 g/mol. The lowest BCUT2D eigenvalue weighted by Crippen LogP contribution is -2.22. The van der Waals surface area contributed by atoms with Gasteiger partial charge in [-0.25, -0.2) is 0 Å². The maximum absolute atomic E-state index is 8.81. The third-order valence-electron chi connectivity index (χ3n) is 1.22. The van der Waals surface area contributed by atoms with E-state index in [1.807, 2.05) is 13.8 Å². The van der Waals surface area contributed by atoms with Crippen molar-refractivity contribution in [3.63, 3.8) is 0 Å². The van der Waals surface area contributed by atoms with E-state index < -0.39 is 0 Å². The Balaban J connectivity index is -0.000000169. The highest BCUT2D eigenvalue weighted by molar-refractivity contribution is 5.44. The lowest BCUT2D eigenvalue weighted by molar-refractivity contribution is -0.106. The first kappa shape index (κ1) is 18.4. The summed E-state index contributed by atoms with van der Waals surface area (Å²) in [5.41, 5.74) is 0. The van der Waals surface area contributed by atoms with Gasteiger partial charge in [0, 0.05) is 6.54 Å². The normalized spacial score (nSPS) is 8.38. The van der Waals surface area contributed by atoms with E-state index in [9.17, 15) is 0 Å². The molecule has 2 nitrogen and oxygen atoms in total. The second-order valence-corrected chi connectivity index (χ2v) is 2.98. The first-order valence-electron chi connectivity index (χ1n) is 5.16. The summed E-state index contributed by atoms with van der Waals surface area (Å²) in [6.45, 7) is 14.5. The number of hydrogen-bond acceptors (Lipinski definition) is 2. The number of rotatable bonds is 3. The van der Waals surface area contributed by atoms with Gasteiger partial charge in [0.25, 0.3) is 0 Å². The van der Waals surface area contributed by atoms with Gasteiger partial charge in [-0.2, -0.15) is 0 Å². The smallest absolute Gasteiger partial charge is 0.116 e. The SMILES string of the molecule is CC.CC=O.CCN(C)CC(C)C. The Hall–Kier alpha value is -0.370. The van der Waals surface area contributed by atoms with Crippen LogP contribution in [-0.4, -0.2) is 31.3 Å². The van der Waals surface area contributed by atoms with Gasteiger partial charge in [-0.05, 0) is 26.4 Å². The fraction of sp³-hybridized carbons (Fsp3) is 0.909. The van der Waals surface area contributed by atoms with Gasteiger partial charge >= 0.3 is 0 Å². The Bertz CT molecular complexity index is 82.2. The molecule has 0 aromatic heterocycles. The van der Waals surface area contributed by atoms with Crippen LogP contribution in [0.3, 0.4) is 0 Å². The highest BCUT2D eigenvalue weighted by Gasteiger charge is 1.95. The summed E-state index contributed by atoms with van der Waals surface area (Å²) in [4.78, 5) is 11.1. The van der Waals surface area contributed by atoms with Crippen LogP contribution in [0.5, 0.6) is 0 Å². The van der Waals surface area contributed by atoms with E-state index in [1.54, 1.807) is 0 Å². The van der Waals surface area contributed by atoms with Crippen molar-refractivity contribution in [2.24, 2.45) is 5.92 Å². The Labute approximate surface area is 84.3 Å². The molecule has 2 heteroatoms. The molecule has 0 aliphatic rings. The molecule has 0 radical (unpaired) electrons. The number of aldehydes is 1. The molecule has 0 aromatic carbocycles. The first-order chi connectivity index (χ1) is 6.08.